The fraction of sp³-hybridized carbons (Fsp3) is 0.360. The van der Waals surface area contributed by atoms with Crippen LogP contribution in [0.3, 0.4) is 0 Å². The molecule has 0 saturated heterocycles. The number of amidine groups is 1. The highest BCUT2D eigenvalue weighted by molar-refractivity contribution is 8.01. The Hall–Kier alpha value is -1.97. The third kappa shape index (κ3) is 6.92. The molecule has 0 radical (unpaired) electrons. The molecule has 37 heavy (non-hydrogen) atoms. The Bertz CT molecular complexity index is 1280. The Kier molecular flexibility index (Phi) is 8.82. The van der Waals surface area contributed by atoms with Gasteiger partial charge in [-0.1, -0.05) is 87.9 Å². The molecule has 2 aromatic carbocycles. The number of thioether (sulfide) groups is 1. The monoisotopic (exact) mass is 602 g/mol. The van der Waals surface area contributed by atoms with E-state index in [0.29, 0.717) is 20.6 Å². The van der Waals surface area contributed by atoms with Gasteiger partial charge in [0.25, 0.3) is 5.91 Å². The molecule has 1 aliphatic rings. The van der Waals surface area contributed by atoms with E-state index in [0.717, 1.165) is 16.8 Å². The maximum Gasteiger partial charge on any atom is 0.268 e. The number of hydrogen-bond donors (Lipinski definition) is 2. The van der Waals surface area contributed by atoms with Crippen molar-refractivity contribution in [2.45, 2.75) is 51.7 Å². The second-order valence-electron chi connectivity index (χ2n) is 10.4. The molecule has 1 heterocycles. The van der Waals surface area contributed by atoms with Crippen LogP contribution in [-0.2, 0) is 14.4 Å². The number of amides is 3. The summed E-state index contributed by atoms with van der Waals surface area (Å²) in [5, 5.41) is 11.0. The third-order valence-electron chi connectivity index (χ3n) is 5.12. The lowest BCUT2D eigenvalue weighted by atomic mass is 9.95. The van der Waals surface area contributed by atoms with Crippen LogP contribution in [0.2, 0.25) is 20.1 Å². The zero-order valence-corrected chi connectivity index (χ0v) is 24.8. The quantitative estimate of drug-likeness (QED) is 0.384. The molecule has 3 rings (SSSR count). The fourth-order valence-electron chi connectivity index (χ4n) is 2.97. The van der Waals surface area contributed by atoms with Crippen LogP contribution >= 0.6 is 58.2 Å². The molecule has 2 N–H and O–H groups in total. The summed E-state index contributed by atoms with van der Waals surface area (Å²) in [6, 6.07) is 7.82. The maximum atomic E-state index is 13.7. The standard InChI is InChI=1S/C25H26Cl4N4O3S/c1-24(2,3)22(35)30-16-11-12(26)7-8-17(16)37-19-20(31-23(36)25(4,5)6)32-33(21(19)34)18-14(28)9-13(27)10-15(18)29/h7-11,19H,1-6H3,(H,30,35)(H,31,32,36). The normalized spacial score (nSPS) is 16.1. The highest BCUT2D eigenvalue weighted by Crippen LogP contribution is 2.42. The van der Waals surface area contributed by atoms with Crippen LogP contribution in [-0.4, -0.2) is 28.8 Å². The minimum absolute atomic E-state index is 0.0973. The van der Waals surface area contributed by atoms with E-state index in [-0.39, 0.29) is 33.4 Å². The zero-order valence-electron chi connectivity index (χ0n) is 21.0. The molecule has 0 bridgehead atoms. The number of halogens is 4. The van der Waals surface area contributed by atoms with Crippen LogP contribution in [0.15, 0.2) is 40.3 Å². The van der Waals surface area contributed by atoms with Gasteiger partial charge in [-0.2, -0.15) is 5.01 Å². The Morgan fingerprint density at radius 3 is 1.95 bits per heavy atom. The van der Waals surface area contributed by atoms with Gasteiger partial charge in [-0.15, -0.1) is 16.9 Å². The van der Waals surface area contributed by atoms with E-state index in [1.54, 1.807) is 59.7 Å². The highest BCUT2D eigenvalue weighted by Gasteiger charge is 2.41. The van der Waals surface area contributed by atoms with Crippen molar-refractivity contribution in [2.75, 3.05) is 10.3 Å². The second-order valence-corrected chi connectivity index (χ2v) is 13.2. The van der Waals surface area contributed by atoms with Gasteiger partial charge < -0.3 is 10.6 Å². The summed E-state index contributed by atoms with van der Waals surface area (Å²) < 4.78 is 0. The smallest absolute Gasteiger partial charge is 0.268 e. The molecular formula is C25H26Cl4N4O3S. The van der Waals surface area contributed by atoms with Crippen molar-refractivity contribution in [3.63, 3.8) is 0 Å². The van der Waals surface area contributed by atoms with E-state index in [1.807, 2.05) is 0 Å². The lowest BCUT2D eigenvalue weighted by Crippen LogP contribution is -2.43. The number of rotatable bonds is 4. The Labute approximate surface area is 240 Å². The molecule has 1 unspecified atom stereocenters. The number of nitrogens with zero attached hydrogens (tertiary/aromatic N) is 2. The molecule has 0 saturated carbocycles. The minimum Gasteiger partial charge on any atom is -0.325 e. The average molecular weight is 604 g/mol. The van der Waals surface area contributed by atoms with Gasteiger partial charge in [0.1, 0.15) is 5.69 Å². The van der Waals surface area contributed by atoms with Gasteiger partial charge in [-0.25, -0.2) is 0 Å². The van der Waals surface area contributed by atoms with Crippen LogP contribution < -0.4 is 15.6 Å². The first-order valence-corrected chi connectivity index (χ1v) is 13.5. The largest absolute Gasteiger partial charge is 0.325 e. The van der Waals surface area contributed by atoms with Crippen molar-refractivity contribution in [3.8, 4) is 0 Å². The van der Waals surface area contributed by atoms with E-state index in [1.165, 1.54) is 12.1 Å². The molecule has 0 fully saturated rings. The molecule has 0 aromatic heterocycles. The molecule has 7 nitrogen and oxygen atoms in total. The van der Waals surface area contributed by atoms with Gasteiger partial charge in [0, 0.05) is 25.8 Å². The zero-order chi connectivity index (χ0) is 27.9. The van der Waals surface area contributed by atoms with Crippen molar-refractivity contribution in [1.29, 1.82) is 0 Å². The number of carbonyl (C=O) groups is 3. The van der Waals surface area contributed by atoms with E-state index in [9.17, 15) is 14.4 Å². The summed E-state index contributed by atoms with van der Waals surface area (Å²) in [5.74, 6) is -0.966. The topological polar surface area (TPSA) is 90.9 Å². The van der Waals surface area contributed by atoms with Crippen molar-refractivity contribution >= 4 is 93.1 Å². The summed E-state index contributed by atoms with van der Waals surface area (Å²) in [6.07, 6.45) is 0. The lowest BCUT2D eigenvalue weighted by Gasteiger charge is -2.22. The van der Waals surface area contributed by atoms with Gasteiger partial charge in [0.2, 0.25) is 11.8 Å². The maximum absolute atomic E-state index is 13.7. The molecule has 1 atom stereocenters. The van der Waals surface area contributed by atoms with Crippen molar-refractivity contribution in [2.24, 2.45) is 15.9 Å². The predicted molar refractivity (Wildman–Crippen MR) is 153 cm³/mol. The number of nitrogens with one attached hydrogen (secondary N) is 2. The number of hydrazone groups is 1. The number of anilines is 2. The summed E-state index contributed by atoms with van der Waals surface area (Å²) in [7, 11) is 0. The van der Waals surface area contributed by atoms with E-state index in [2.05, 4.69) is 15.7 Å². The first kappa shape index (κ1) is 29.6. The molecular weight excluding hydrogens is 578 g/mol. The van der Waals surface area contributed by atoms with Crippen LogP contribution in [0.5, 0.6) is 0 Å². The molecule has 2 aromatic rings. The first-order valence-electron chi connectivity index (χ1n) is 11.1. The average Bonchev–Trinajstić information content (AvgIpc) is 3.03. The Balaban J connectivity index is 2.05. The van der Waals surface area contributed by atoms with Crippen molar-refractivity contribution < 1.29 is 14.4 Å². The number of benzene rings is 2. The molecule has 1 aliphatic heterocycles. The van der Waals surface area contributed by atoms with Crippen LogP contribution in [0.25, 0.3) is 0 Å². The van der Waals surface area contributed by atoms with Gasteiger partial charge in [0.15, 0.2) is 11.1 Å². The van der Waals surface area contributed by atoms with Crippen LogP contribution in [0, 0.1) is 10.8 Å². The SMILES string of the molecule is CC(C)(C)C(=O)NC1=NN(c2c(Cl)cc(Cl)cc2Cl)C(=O)C1Sc1ccc(Cl)cc1NC(=O)C(C)(C)C. The summed E-state index contributed by atoms with van der Waals surface area (Å²) in [6.45, 7) is 10.6. The number of hydrogen-bond acceptors (Lipinski definition) is 5. The Morgan fingerprint density at radius 2 is 1.41 bits per heavy atom. The van der Waals surface area contributed by atoms with Crippen molar-refractivity contribution in [1.82, 2.24) is 5.32 Å². The third-order valence-corrected chi connectivity index (χ3v) is 7.42. The molecule has 198 valence electrons. The fourth-order valence-corrected chi connectivity index (χ4v) is 5.18. The highest BCUT2D eigenvalue weighted by atomic mass is 35.5. The minimum atomic E-state index is -0.986. The summed E-state index contributed by atoms with van der Waals surface area (Å²) in [4.78, 5) is 39.8. The number of carbonyl (C=O) groups excluding carboxylic acids is 3. The van der Waals surface area contributed by atoms with Gasteiger partial charge in [0.05, 0.1) is 15.7 Å². The second kappa shape index (κ2) is 11.0. The van der Waals surface area contributed by atoms with Crippen LogP contribution in [0.1, 0.15) is 41.5 Å². The van der Waals surface area contributed by atoms with E-state index >= 15 is 0 Å². The van der Waals surface area contributed by atoms with Gasteiger partial charge in [-0.3, -0.25) is 14.4 Å². The molecule has 12 heteroatoms. The van der Waals surface area contributed by atoms with Crippen LogP contribution in [0.4, 0.5) is 11.4 Å². The molecule has 3 amide bonds. The van der Waals surface area contributed by atoms with Crippen molar-refractivity contribution in [3.05, 3.63) is 50.4 Å². The molecule has 0 aliphatic carbocycles. The Morgan fingerprint density at radius 1 is 0.865 bits per heavy atom. The van der Waals surface area contributed by atoms with E-state index in [4.69, 9.17) is 46.4 Å². The molecule has 0 spiro atoms. The van der Waals surface area contributed by atoms with Gasteiger partial charge >= 0.3 is 0 Å². The summed E-state index contributed by atoms with van der Waals surface area (Å²) in [5.41, 5.74) is -0.858. The van der Waals surface area contributed by atoms with Gasteiger partial charge in [-0.05, 0) is 30.3 Å². The predicted octanol–water partition coefficient (Wildman–Crippen LogP) is 7.27. The summed E-state index contributed by atoms with van der Waals surface area (Å²) >= 11 is 26.1. The first-order chi connectivity index (χ1) is 17.0. The lowest BCUT2D eigenvalue weighted by molar-refractivity contribution is -0.127. The van der Waals surface area contributed by atoms with E-state index < -0.39 is 22.0 Å².